The summed E-state index contributed by atoms with van der Waals surface area (Å²) < 4.78 is 5.00. The molecule has 3 heterocycles. The minimum atomic E-state index is 0.622. The molecular formula is C51H32N4S. The molecule has 4 nitrogen and oxygen atoms in total. The second-order valence-electron chi connectivity index (χ2n) is 14.0. The van der Waals surface area contributed by atoms with E-state index in [1.54, 1.807) is 0 Å². The molecule has 8 aromatic carbocycles. The molecule has 11 aromatic rings. The fraction of sp³-hybridized carbons (Fsp3) is 0. The zero-order chi connectivity index (χ0) is 37.0. The molecule has 0 saturated heterocycles. The molecule has 5 heteroatoms. The van der Waals surface area contributed by atoms with Gasteiger partial charge < -0.3 is 4.57 Å². The van der Waals surface area contributed by atoms with E-state index in [0.717, 1.165) is 44.6 Å². The standard InChI is InChI=1S/C51H32N4S/c1-3-13-33(14-4-1)35-25-27-36(28-26-35)49-52-50(38-18-11-17-37(31-38)34-15-5-2-6-16-34)54-51(53-49)39-19-12-20-40(32-39)55-44-23-9-7-22-43(44)47-45(55)30-29-42-41-21-8-10-24-46(41)56-48(42)47/h1-32H. The zero-order valence-corrected chi connectivity index (χ0v) is 31.0. The van der Waals surface area contributed by atoms with Crippen molar-refractivity contribution in [1.82, 2.24) is 19.5 Å². The molecule has 0 bridgehead atoms. The summed E-state index contributed by atoms with van der Waals surface area (Å²) in [5, 5.41) is 5.13. The molecule has 0 unspecified atom stereocenters. The van der Waals surface area contributed by atoms with E-state index in [1.807, 2.05) is 23.5 Å². The molecule has 0 N–H and O–H groups in total. The number of thiophene rings is 1. The van der Waals surface area contributed by atoms with Crippen molar-refractivity contribution in [2.24, 2.45) is 0 Å². The van der Waals surface area contributed by atoms with Crippen LogP contribution in [0.3, 0.4) is 0 Å². The predicted octanol–water partition coefficient (Wildman–Crippen LogP) is 13.7. The molecule has 0 saturated carbocycles. The fourth-order valence-electron chi connectivity index (χ4n) is 7.97. The van der Waals surface area contributed by atoms with E-state index in [0.29, 0.717) is 17.5 Å². The highest BCUT2D eigenvalue weighted by atomic mass is 32.1. The van der Waals surface area contributed by atoms with Gasteiger partial charge in [-0.1, -0.05) is 158 Å². The first-order valence-corrected chi connectivity index (χ1v) is 19.6. The maximum Gasteiger partial charge on any atom is 0.164 e. The number of hydrogen-bond acceptors (Lipinski definition) is 4. The molecule has 0 aliphatic rings. The molecule has 0 spiro atoms. The SMILES string of the molecule is c1ccc(-c2ccc(-c3nc(-c4cccc(-c5ccccc5)c4)nc(-c4cccc(-n5c6ccccc6c6c7sc8ccccc8c7ccc65)c4)n3)cc2)cc1. The summed E-state index contributed by atoms with van der Waals surface area (Å²) >= 11 is 1.87. The second-order valence-corrected chi connectivity index (χ2v) is 15.1. The molecule has 0 aliphatic heterocycles. The van der Waals surface area contributed by atoms with E-state index >= 15 is 0 Å². The lowest BCUT2D eigenvalue weighted by Crippen LogP contribution is -2.01. The van der Waals surface area contributed by atoms with Gasteiger partial charge in [0.05, 0.1) is 11.0 Å². The van der Waals surface area contributed by atoms with Gasteiger partial charge in [-0.2, -0.15) is 0 Å². The van der Waals surface area contributed by atoms with Gasteiger partial charge in [0, 0.05) is 53.3 Å². The molecule has 262 valence electrons. The number of nitrogens with zero attached hydrogens (tertiary/aromatic N) is 4. The number of benzene rings is 8. The van der Waals surface area contributed by atoms with Gasteiger partial charge in [-0.15, -0.1) is 11.3 Å². The van der Waals surface area contributed by atoms with Gasteiger partial charge in [0.15, 0.2) is 17.5 Å². The lowest BCUT2D eigenvalue weighted by Gasteiger charge is -2.12. The van der Waals surface area contributed by atoms with Crippen molar-refractivity contribution in [2.75, 3.05) is 0 Å². The Morgan fingerprint density at radius 3 is 1.62 bits per heavy atom. The predicted molar refractivity (Wildman–Crippen MR) is 234 cm³/mol. The van der Waals surface area contributed by atoms with Gasteiger partial charge in [-0.3, -0.25) is 0 Å². The third-order valence-corrected chi connectivity index (χ3v) is 11.9. The highest BCUT2D eigenvalue weighted by Gasteiger charge is 2.19. The molecule has 0 amide bonds. The van der Waals surface area contributed by atoms with E-state index in [1.165, 1.54) is 42.0 Å². The first-order valence-electron chi connectivity index (χ1n) is 18.8. The van der Waals surface area contributed by atoms with E-state index in [-0.39, 0.29) is 0 Å². The third-order valence-electron chi connectivity index (χ3n) is 10.7. The number of aromatic nitrogens is 4. The third kappa shape index (κ3) is 5.48. The molecule has 0 aliphatic carbocycles. The van der Waals surface area contributed by atoms with Gasteiger partial charge in [0.2, 0.25) is 0 Å². The van der Waals surface area contributed by atoms with Crippen molar-refractivity contribution in [2.45, 2.75) is 0 Å². The normalized spacial score (nSPS) is 11.6. The fourth-order valence-corrected chi connectivity index (χ4v) is 9.23. The largest absolute Gasteiger partial charge is 0.309 e. The van der Waals surface area contributed by atoms with Crippen LogP contribution in [0.4, 0.5) is 0 Å². The summed E-state index contributed by atoms with van der Waals surface area (Å²) in [5.41, 5.74) is 10.7. The van der Waals surface area contributed by atoms with Gasteiger partial charge in [-0.05, 0) is 58.7 Å². The lowest BCUT2D eigenvalue weighted by molar-refractivity contribution is 1.07. The summed E-state index contributed by atoms with van der Waals surface area (Å²) in [6.07, 6.45) is 0. The Labute approximate surface area is 327 Å². The van der Waals surface area contributed by atoms with Gasteiger partial charge in [0.1, 0.15) is 0 Å². The molecule has 0 radical (unpaired) electrons. The summed E-state index contributed by atoms with van der Waals surface area (Å²) in [7, 11) is 0. The van der Waals surface area contributed by atoms with Crippen LogP contribution in [0.25, 0.3) is 104 Å². The summed E-state index contributed by atoms with van der Waals surface area (Å²) in [5.74, 6) is 1.88. The second kappa shape index (κ2) is 13.3. The van der Waals surface area contributed by atoms with Crippen molar-refractivity contribution in [1.29, 1.82) is 0 Å². The van der Waals surface area contributed by atoms with Gasteiger partial charge >= 0.3 is 0 Å². The molecular weight excluding hydrogens is 701 g/mol. The summed E-state index contributed by atoms with van der Waals surface area (Å²) in [6.45, 7) is 0. The first-order chi connectivity index (χ1) is 27.7. The van der Waals surface area contributed by atoms with Gasteiger partial charge in [0.25, 0.3) is 0 Å². The molecule has 0 fully saturated rings. The molecule has 3 aromatic heterocycles. The summed E-state index contributed by atoms with van der Waals surface area (Å²) in [6, 6.07) is 68.4. The minimum absolute atomic E-state index is 0.622. The van der Waals surface area contributed by atoms with Crippen LogP contribution in [-0.4, -0.2) is 19.5 Å². The Hall–Kier alpha value is -7.21. The van der Waals surface area contributed by atoms with Crippen molar-refractivity contribution in [3.63, 3.8) is 0 Å². The monoisotopic (exact) mass is 732 g/mol. The Balaban J connectivity index is 1.08. The number of rotatable bonds is 6. The lowest BCUT2D eigenvalue weighted by atomic mass is 10.0. The smallest absolute Gasteiger partial charge is 0.164 e. The van der Waals surface area contributed by atoms with Crippen molar-refractivity contribution < 1.29 is 0 Å². The number of para-hydroxylation sites is 1. The van der Waals surface area contributed by atoms with Crippen LogP contribution in [0.1, 0.15) is 0 Å². The maximum atomic E-state index is 5.18. The number of fused-ring (bicyclic) bond motifs is 7. The van der Waals surface area contributed by atoms with E-state index in [9.17, 15) is 0 Å². The quantitative estimate of drug-likeness (QED) is 0.171. The van der Waals surface area contributed by atoms with Crippen LogP contribution < -0.4 is 0 Å². The highest BCUT2D eigenvalue weighted by molar-refractivity contribution is 7.26. The zero-order valence-electron chi connectivity index (χ0n) is 30.2. The Kier molecular flexibility index (Phi) is 7.64. The van der Waals surface area contributed by atoms with Crippen LogP contribution in [0.15, 0.2) is 194 Å². The summed E-state index contributed by atoms with van der Waals surface area (Å²) in [4.78, 5) is 15.5. The molecule has 11 rings (SSSR count). The first kappa shape index (κ1) is 32.2. The van der Waals surface area contributed by atoms with Crippen molar-refractivity contribution in [3.05, 3.63) is 194 Å². The van der Waals surface area contributed by atoms with Gasteiger partial charge in [-0.25, -0.2) is 15.0 Å². The average molecular weight is 733 g/mol. The number of hydrogen-bond donors (Lipinski definition) is 0. The molecule has 0 atom stereocenters. The Bertz CT molecular complexity index is 3240. The van der Waals surface area contributed by atoms with Crippen molar-refractivity contribution in [3.8, 4) is 62.1 Å². The van der Waals surface area contributed by atoms with Crippen LogP contribution >= 0.6 is 11.3 Å². The van der Waals surface area contributed by atoms with E-state index < -0.39 is 0 Å². The van der Waals surface area contributed by atoms with Crippen LogP contribution in [-0.2, 0) is 0 Å². The molecule has 56 heavy (non-hydrogen) atoms. The minimum Gasteiger partial charge on any atom is -0.309 e. The van der Waals surface area contributed by atoms with E-state index in [2.05, 4.69) is 187 Å². The topological polar surface area (TPSA) is 43.6 Å². The average Bonchev–Trinajstić information content (AvgIpc) is 3.83. The highest BCUT2D eigenvalue weighted by Crippen LogP contribution is 2.43. The Morgan fingerprint density at radius 2 is 0.875 bits per heavy atom. The Morgan fingerprint density at radius 1 is 0.339 bits per heavy atom. The van der Waals surface area contributed by atoms with Crippen LogP contribution in [0.2, 0.25) is 0 Å². The van der Waals surface area contributed by atoms with Crippen LogP contribution in [0.5, 0.6) is 0 Å². The van der Waals surface area contributed by atoms with Crippen molar-refractivity contribution >= 4 is 53.3 Å². The van der Waals surface area contributed by atoms with Crippen LogP contribution in [0, 0.1) is 0 Å². The van der Waals surface area contributed by atoms with E-state index in [4.69, 9.17) is 15.0 Å². The maximum absolute atomic E-state index is 5.18.